The summed E-state index contributed by atoms with van der Waals surface area (Å²) in [6, 6.07) is 52.2. The van der Waals surface area contributed by atoms with E-state index in [4.69, 9.17) is 14.7 Å². The number of hydrogen-bond acceptors (Lipinski definition) is 4. The Labute approximate surface area is 323 Å². The zero-order valence-corrected chi connectivity index (χ0v) is 32.6. The Morgan fingerprint density at radius 1 is 0.660 bits per heavy atom. The molecule has 0 fully saturated rings. The average Bonchev–Trinajstić information content (AvgIpc) is 3.81. The van der Waals surface area contributed by atoms with Gasteiger partial charge in [0.25, 0.3) is 0 Å². The van der Waals surface area contributed by atoms with Gasteiger partial charge in [0.2, 0.25) is 5.78 Å². The molecule has 1 aliphatic rings. The Bertz CT molecular complexity index is 2780. The van der Waals surface area contributed by atoms with Crippen LogP contribution in [-0.2, 0) is 26.5 Å². The first-order valence-electron chi connectivity index (χ1n) is 17.5. The van der Waals surface area contributed by atoms with Gasteiger partial charge in [-0.1, -0.05) is 134 Å². The third-order valence-electron chi connectivity index (χ3n) is 10.3. The van der Waals surface area contributed by atoms with Crippen molar-refractivity contribution in [2.45, 2.75) is 26.2 Å². The van der Waals surface area contributed by atoms with Crippen molar-refractivity contribution in [1.29, 1.82) is 0 Å². The van der Waals surface area contributed by atoms with Crippen molar-refractivity contribution in [1.82, 2.24) is 23.9 Å². The molecule has 0 unspecified atom stereocenters. The van der Waals surface area contributed by atoms with Gasteiger partial charge in [0.1, 0.15) is 8.07 Å². The molecule has 1 aliphatic heterocycles. The number of benzene rings is 5. The van der Waals surface area contributed by atoms with Crippen LogP contribution in [0.1, 0.15) is 26.3 Å². The van der Waals surface area contributed by atoms with Crippen LogP contribution in [0.3, 0.4) is 0 Å². The molecule has 258 valence electrons. The fraction of sp³-hybridized carbons (Fsp3) is 0.0889. The van der Waals surface area contributed by atoms with Gasteiger partial charge >= 0.3 is 21.1 Å². The van der Waals surface area contributed by atoms with Crippen molar-refractivity contribution >= 4 is 56.7 Å². The van der Waals surface area contributed by atoms with E-state index < -0.39 is 8.07 Å². The minimum atomic E-state index is -2.79. The van der Waals surface area contributed by atoms with Crippen LogP contribution >= 0.6 is 0 Å². The zero-order chi connectivity index (χ0) is 35.0. The average molecular weight is 883 g/mol. The Kier molecular flexibility index (Phi) is 7.84. The molecule has 0 spiro atoms. The van der Waals surface area contributed by atoms with Crippen molar-refractivity contribution in [2.24, 2.45) is 0 Å². The Morgan fingerprint density at radius 2 is 1.32 bits per heavy atom. The molecule has 9 aromatic rings. The predicted molar refractivity (Wildman–Crippen MR) is 211 cm³/mol. The van der Waals surface area contributed by atoms with Crippen molar-refractivity contribution in [3.05, 3.63) is 164 Å². The summed E-state index contributed by atoms with van der Waals surface area (Å²) in [5, 5.41) is 5.24. The van der Waals surface area contributed by atoms with E-state index in [0.29, 0.717) is 11.5 Å². The maximum Gasteiger partial charge on any atom is 2.00 e. The summed E-state index contributed by atoms with van der Waals surface area (Å²) in [6.45, 7) is 6.88. The maximum absolute atomic E-state index is 6.59. The van der Waals surface area contributed by atoms with Gasteiger partial charge in [-0.3, -0.25) is 4.40 Å². The Morgan fingerprint density at radius 3 is 2.04 bits per heavy atom. The third-order valence-corrected chi connectivity index (χ3v) is 15.2. The van der Waals surface area contributed by atoms with Gasteiger partial charge in [-0.25, -0.2) is 4.98 Å². The molecule has 53 heavy (non-hydrogen) atoms. The largest absolute Gasteiger partial charge is 2.00 e. The number of rotatable bonds is 5. The number of imidazole rings is 2. The van der Waals surface area contributed by atoms with Crippen LogP contribution in [-0.4, -0.2) is 32.0 Å². The van der Waals surface area contributed by atoms with E-state index >= 15 is 0 Å². The predicted octanol–water partition coefficient (Wildman–Crippen LogP) is 7.27. The molecule has 4 aromatic heterocycles. The van der Waals surface area contributed by atoms with Gasteiger partial charge in [-0.05, 0) is 58.9 Å². The van der Waals surface area contributed by atoms with E-state index in [1.165, 1.54) is 26.3 Å². The third kappa shape index (κ3) is 4.98. The molecule has 0 saturated carbocycles. The number of aromatic nitrogens is 5. The van der Waals surface area contributed by atoms with E-state index in [1.807, 2.05) is 36.5 Å². The van der Waals surface area contributed by atoms with Gasteiger partial charge in [0, 0.05) is 17.7 Å². The molecule has 0 aliphatic carbocycles. The first-order chi connectivity index (χ1) is 25.4. The monoisotopic (exact) mass is 882 g/mol. The normalized spacial score (nSPS) is 13.2. The van der Waals surface area contributed by atoms with Gasteiger partial charge in [-0.2, -0.15) is 0 Å². The minimum Gasteiger partial charge on any atom is -0.501 e. The van der Waals surface area contributed by atoms with E-state index in [1.54, 1.807) is 12.4 Å². The van der Waals surface area contributed by atoms with Crippen molar-refractivity contribution in [3.63, 3.8) is 0 Å². The summed E-state index contributed by atoms with van der Waals surface area (Å²) in [5.41, 5.74) is 7.96. The van der Waals surface area contributed by atoms with Crippen LogP contribution in [0.2, 0.25) is 0 Å². The number of fused-ring (bicyclic) bond motifs is 8. The second kappa shape index (κ2) is 12.5. The smallest absolute Gasteiger partial charge is 0.501 e. The summed E-state index contributed by atoms with van der Waals surface area (Å²) in [7, 11) is -2.79. The molecule has 6 nitrogen and oxygen atoms in total. The molecule has 0 radical (unpaired) electrons. The van der Waals surface area contributed by atoms with Crippen LogP contribution in [0.4, 0.5) is 0 Å². The van der Waals surface area contributed by atoms with Crippen LogP contribution in [0.15, 0.2) is 146 Å². The Balaban J connectivity index is 0.00000372. The number of ether oxygens (including phenoxy) is 1. The fourth-order valence-corrected chi connectivity index (χ4v) is 13.7. The molecular weight excluding hydrogens is 850 g/mol. The van der Waals surface area contributed by atoms with Gasteiger partial charge in [0.15, 0.2) is 0 Å². The summed E-state index contributed by atoms with van der Waals surface area (Å²) in [4.78, 5) is 14.7. The van der Waals surface area contributed by atoms with Crippen LogP contribution in [0, 0.1) is 12.1 Å². The summed E-state index contributed by atoms with van der Waals surface area (Å²) < 4.78 is 10.9. The van der Waals surface area contributed by atoms with E-state index in [2.05, 4.69) is 144 Å². The van der Waals surface area contributed by atoms with Gasteiger partial charge in [0.05, 0.1) is 22.1 Å². The molecule has 0 bridgehead atoms. The van der Waals surface area contributed by atoms with Gasteiger partial charge < -0.3 is 19.3 Å². The minimum absolute atomic E-state index is 0. The number of pyridine rings is 2. The number of hydrogen-bond donors (Lipinski definition) is 0. The van der Waals surface area contributed by atoms with Crippen molar-refractivity contribution in [2.75, 3.05) is 0 Å². The summed E-state index contributed by atoms with van der Waals surface area (Å²) in [6.07, 6.45) is 5.46. The Hall–Kier alpha value is -5.62. The topological polar surface area (TPSA) is 57.2 Å². The molecule has 10 rings (SSSR count). The molecule has 5 heterocycles. The van der Waals surface area contributed by atoms with Crippen molar-refractivity contribution < 1.29 is 25.8 Å². The van der Waals surface area contributed by atoms with E-state index in [0.717, 1.165) is 44.8 Å². The summed E-state index contributed by atoms with van der Waals surface area (Å²) in [5.74, 6) is 1.87. The molecule has 0 atom stereocenters. The fourth-order valence-electron chi connectivity index (χ4n) is 8.21. The second-order valence-corrected chi connectivity index (χ2v) is 18.1. The summed E-state index contributed by atoms with van der Waals surface area (Å²) >= 11 is 0. The maximum atomic E-state index is 6.59. The molecule has 0 saturated heterocycles. The molecule has 0 N–H and O–H groups in total. The first-order valence-corrected chi connectivity index (χ1v) is 19.5. The van der Waals surface area contributed by atoms with E-state index in [-0.39, 0.29) is 26.5 Å². The quantitative estimate of drug-likeness (QED) is 0.135. The molecule has 0 amide bonds. The van der Waals surface area contributed by atoms with Crippen molar-refractivity contribution in [3.8, 4) is 28.4 Å². The first kappa shape index (κ1) is 33.2. The molecular formula is C45H33N5OPtSi. The van der Waals surface area contributed by atoms with Gasteiger partial charge in [-0.15, -0.1) is 28.9 Å². The van der Waals surface area contributed by atoms with Crippen LogP contribution in [0.5, 0.6) is 11.5 Å². The van der Waals surface area contributed by atoms with E-state index in [9.17, 15) is 0 Å². The molecule has 5 aromatic carbocycles. The SMILES string of the molecule is CC(C)(C)c1ccnc2c1[Si](c1ccccc1)(c1ccccc1)c1ccc(Oc3[c-]c(-n4c5ccccc5n5c6ccccc6nc45)cnc3)[c-]c1-2.[Pt+2]. The van der Waals surface area contributed by atoms with Crippen LogP contribution in [0.25, 0.3) is 44.8 Å². The van der Waals surface area contributed by atoms with Crippen LogP contribution < -0.4 is 25.5 Å². The second-order valence-electron chi connectivity index (χ2n) is 14.4. The zero-order valence-electron chi connectivity index (χ0n) is 29.3. The standard InChI is InChI=1S/C45H33N5OSi.Pt/c1-45(2,3)36-24-25-47-42-35-27-31(22-23-41(35)52(43(36)42,33-14-6-4-7-15-33)34-16-8-5-9-17-34)51-32-26-30(28-46-29-32)49-39-20-12-13-21-40(39)50-38-19-11-10-18-37(38)48-44(49)50;/h4-25,28-29H,1-3H3;/q-2;+2. The number of nitrogens with zero attached hydrogens (tertiary/aromatic N) is 5. The molecule has 8 heteroatoms. The number of para-hydroxylation sites is 4.